The van der Waals surface area contributed by atoms with Crippen molar-refractivity contribution in [1.82, 2.24) is 0 Å². The summed E-state index contributed by atoms with van der Waals surface area (Å²) in [6.45, 7) is 7.38. The summed E-state index contributed by atoms with van der Waals surface area (Å²) in [6.07, 6.45) is 20.2. The van der Waals surface area contributed by atoms with Gasteiger partial charge >= 0.3 is 0 Å². The minimum atomic E-state index is -0.744. The lowest BCUT2D eigenvalue weighted by Crippen LogP contribution is -3.00. The molecule has 0 spiro atoms. The smallest absolute Gasteiger partial charge is 0.0837 e. The van der Waals surface area contributed by atoms with Crippen LogP contribution in [0.1, 0.15) is 89.5 Å². The fourth-order valence-electron chi connectivity index (χ4n) is 3.54. The molecule has 2 heteroatoms. The number of rotatable bonds is 15. The fraction of sp³-hybridized carbons (Fsp3) is 0.739. The van der Waals surface area contributed by atoms with Gasteiger partial charge in [-0.3, -0.25) is 0 Å². The van der Waals surface area contributed by atoms with E-state index < -0.39 is 7.26 Å². The third-order valence-corrected chi connectivity index (χ3v) is 7.82. The van der Waals surface area contributed by atoms with Crippen molar-refractivity contribution in [3.8, 4) is 0 Å². The normalized spacial score (nSPS) is 11.3. The van der Waals surface area contributed by atoms with Gasteiger partial charge in [0.25, 0.3) is 0 Å². The molecule has 0 aliphatic heterocycles. The lowest BCUT2D eigenvalue weighted by atomic mass is 10.1. The largest absolute Gasteiger partial charge is 1.00 e. The second kappa shape index (κ2) is 16.1. The van der Waals surface area contributed by atoms with Crippen LogP contribution in [0.2, 0.25) is 0 Å². The average molecular weight is 385 g/mol. The van der Waals surface area contributed by atoms with Crippen molar-refractivity contribution in [2.45, 2.75) is 90.1 Å². The van der Waals surface area contributed by atoms with Crippen molar-refractivity contribution in [2.24, 2.45) is 0 Å². The third-order valence-electron chi connectivity index (χ3n) is 5.07. The summed E-state index contributed by atoms with van der Waals surface area (Å²) in [5, 5.41) is 0. The summed E-state index contributed by atoms with van der Waals surface area (Å²) in [7, 11) is -0.744. The molecule has 0 nitrogen and oxygen atoms in total. The Bertz CT molecular complexity index is 388. The highest BCUT2D eigenvalue weighted by molar-refractivity contribution is 7.73. The number of halogens is 1. The van der Waals surface area contributed by atoms with E-state index in [0.717, 1.165) is 0 Å². The Balaban J connectivity index is 0.00000576. The predicted octanol–water partition coefficient (Wildman–Crippen LogP) is 5.17. The molecule has 0 aromatic heterocycles. The van der Waals surface area contributed by atoms with Crippen molar-refractivity contribution in [3.63, 3.8) is 0 Å². The van der Waals surface area contributed by atoms with E-state index in [9.17, 15) is 0 Å². The zero-order valence-corrected chi connectivity index (χ0v) is 18.8. The molecular formula is C23H42ClP. The molecule has 0 aliphatic rings. The van der Waals surface area contributed by atoms with Crippen LogP contribution in [0.5, 0.6) is 0 Å². The van der Waals surface area contributed by atoms with Gasteiger partial charge in [-0.2, -0.15) is 0 Å². The minimum absolute atomic E-state index is 0. The van der Waals surface area contributed by atoms with Gasteiger partial charge in [-0.1, -0.05) is 101 Å². The first-order valence-electron chi connectivity index (χ1n) is 10.5. The molecule has 1 rings (SSSR count). The number of unbranched alkanes of at least 4 members (excludes halogenated alkanes) is 11. The van der Waals surface area contributed by atoms with Gasteiger partial charge in [0.1, 0.15) is 0 Å². The van der Waals surface area contributed by atoms with Crippen LogP contribution in [0.4, 0.5) is 0 Å². The Kier molecular flexibility index (Phi) is 16.1. The molecule has 0 saturated heterocycles. The van der Waals surface area contributed by atoms with Crippen molar-refractivity contribution < 1.29 is 12.4 Å². The van der Waals surface area contributed by atoms with E-state index in [0.29, 0.717) is 0 Å². The summed E-state index contributed by atoms with van der Waals surface area (Å²) in [4.78, 5) is 0. The van der Waals surface area contributed by atoms with Gasteiger partial charge in [0, 0.05) is 20.6 Å². The van der Waals surface area contributed by atoms with E-state index in [1.165, 1.54) is 94.9 Å². The van der Waals surface area contributed by atoms with Gasteiger partial charge in [0.2, 0.25) is 0 Å². The Morgan fingerprint density at radius 3 is 1.56 bits per heavy atom. The topological polar surface area (TPSA) is 0 Å². The maximum atomic E-state index is 2.54. The van der Waals surface area contributed by atoms with Crippen LogP contribution >= 0.6 is 7.26 Å². The number of hydrogen-bond acceptors (Lipinski definition) is 0. The van der Waals surface area contributed by atoms with Gasteiger partial charge in [-0.15, -0.1) is 0 Å². The van der Waals surface area contributed by atoms with Gasteiger partial charge in [-0.05, 0) is 18.4 Å². The quantitative estimate of drug-likeness (QED) is 0.289. The van der Waals surface area contributed by atoms with E-state index >= 15 is 0 Å². The molecular weight excluding hydrogens is 343 g/mol. The monoisotopic (exact) mass is 384 g/mol. The third kappa shape index (κ3) is 14.8. The molecule has 0 atom stereocenters. The van der Waals surface area contributed by atoms with Crippen molar-refractivity contribution in [3.05, 3.63) is 35.9 Å². The molecule has 1 aromatic rings. The van der Waals surface area contributed by atoms with Crippen LogP contribution in [-0.4, -0.2) is 19.5 Å². The minimum Gasteiger partial charge on any atom is -1.00 e. The van der Waals surface area contributed by atoms with Crippen molar-refractivity contribution >= 4 is 7.26 Å². The molecule has 0 aliphatic carbocycles. The predicted molar refractivity (Wildman–Crippen MR) is 115 cm³/mol. The Morgan fingerprint density at radius 1 is 0.640 bits per heavy atom. The van der Waals surface area contributed by atoms with E-state index in [4.69, 9.17) is 0 Å². The number of hydrogen-bond donors (Lipinski definition) is 0. The van der Waals surface area contributed by atoms with E-state index in [2.05, 4.69) is 50.6 Å². The molecule has 0 N–H and O–H groups in total. The second-order valence-electron chi connectivity index (χ2n) is 8.19. The van der Waals surface area contributed by atoms with E-state index in [-0.39, 0.29) is 12.4 Å². The summed E-state index contributed by atoms with van der Waals surface area (Å²) >= 11 is 0. The molecule has 0 saturated carbocycles. The molecule has 0 unspecified atom stereocenters. The van der Waals surface area contributed by atoms with Crippen molar-refractivity contribution in [2.75, 3.05) is 19.5 Å². The highest BCUT2D eigenvalue weighted by atomic mass is 35.5. The molecule has 25 heavy (non-hydrogen) atoms. The zero-order chi connectivity index (χ0) is 17.5. The highest BCUT2D eigenvalue weighted by Gasteiger charge is 2.24. The van der Waals surface area contributed by atoms with Gasteiger partial charge in [0.15, 0.2) is 0 Å². The van der Waals surface area contributed by atoms with Crippen LogP contribution in [0, 0.1) is 0 Å². The molecule has 146 valence electrons. The Labute approximate surface area is 165 Å². The molecule has 0 amide bonds. The summed E-state index contributed by atoms with van der Waals surface area (Å²) < 4.78 is 0. The Morgan fingerprint density at radius 2 is 1.08 bits per heavy atom. The van der Waals surface area contributed by atoms with Crippen LogP contribution in [0.15, 0.2) is 30.3 Å². The SMILES string of the molecule is CCCCCCCCCCCCCC[P+](C)(C)Cc1ccccc1.[Cl-]. The maximum absolute atomic E-state index is 2.54. The first kappa shape index (κ1) is 24.9. The van der Waals surface area contributed by atoms with Crippen molar-refractivity contribution in [1.29, 1.82) is 0 Å². The van der Waals surface area contributed by atoms with E-state index in [1.54, 1.807) is 0 Å². The standard InChI is InChI=1S/C23H42P.ClH/c1-4-5-6-7-8-9-10-11-12-13-14-18-21-24(2,3)22-23-19-16-15-17-20-23;/h15-17,19-20H,4-14,18,21-22H2,1-3H3;1H/q+1;/p-1. The van der Waals surface area contributed by atoms with E-state index in [1.807, 2.05) is 0 Å². The zero-order valence-electron chi connectivity index (χ0n) is 17.1. The van der Waals surface area contributed by atoms with Gasteiger partial charge in [-0.25, -0.2) is 0 Å². The lowest BCUT2D eigenvalue weighted by molar-refractivity contribution is -0.00000546. The molecule has 0 radical (unpaired) electrons. The average Bonchev–Trinajstić information content (AvgIpc) is 2.56. The highest BCUT2D eigenvalue weighted by Crippen LogP contribution is 2.54. The first-order valence-corrected chi connectivity index (χ1v) is 13.6. The molecule has 1 aromatic carbocycles. The van der Waals surface area contributed by atoms with Crippen LogP contribution in [0.3, 0.4) is 0 Å². The fourth-order valence-corrected chi connectivity index (χ4v) is 5.97. The summed E-state index contributed by atoms with van der Waals surface area (Å²) in [5.74, 6) is 0. The molecule has 0 heterocycles. The second-order valence-corrected chi connectivity index (χ2v) is 12.8. The van der Waals surface area contributed by atoms with Crippen LogP contribution < -0.4 is 12.4 Å². The molecule has 0 bridgehead atoms. The Hall–Kier alpha value is -0.0600. The maximum Gasteiger partial charge on any atom is 0.0837 e. The number of benzene rings is 1. The molecule has 0 fully saturated rings. The first-order chi connectivity index (χ1) is 11.6. The van der Waals surface area contributed by atoms with Crippen LogP contribution in [-0.2, 0) is 6.16 Å². The van der Waals surface area contributed by atoms with Gasteiger partial charge in [0.05, 0.1) is 12.3 Å². The summed E-state index contributed by atoms with van der Waals surface area (Å²) in [6, 6.07) is 11.1. The van der Waals surface area contributed by atoms with Gasteiger partial charge < -0.3 is 12.4 Å². The van der Waals surface area contributed by atoms with Crippen LogP contribution in [0.25, 0.3) is 0 Å². The summed E-state index contributed by atoms with van der Waals surface area (Å²) in [5.41, 5.74) is 1.54. The lowest BCUT2D eigenvalue weighted by Gasteiger charge is -2.18.